The Bertz CT molecular complexity index is 474. The second kappa shape index (κ2) is 6.65. The van der Waals surface area contributed by atoms with Gasteiger partial charge in [-0.1, -0.05) is 20.8 Å². The first kappa shape index (κ1) is 16.1. The van der Waals surface area contributed by atoms with Crippen molar-refractivity contribution in [3.63, 3.8) is 0 Å². The zero-order valence-corrected chi connectivity index (χ0v) is 13.6. The molecule has 2 rings (SSSR count). The standard InChI is InChI=1S/C17H27FN2O/c1-5-13-11-19-17(6-2,7-3)12-20(13)14-8-9-15(18)16(10-14)21-4/h8-10,13,19H,5-7,11-12H2,1-4H3. The first-order valence-corrected chi connectivity index (χ1v) is 7.94. The van der Waals surface area contributed by atoms with Crippen molar-refractivity contribution in [2.75, 3.05) is 25.1 Å². The fraction of sp³-hybridized carbons (Fsp3) is 0.647. The highest BCUT2D eigenvalue weighted by atomic mass is 19.1. The van der Waals surface area contributed by atoms with Crippen molar-refractivity contribution >= 4 is 5.69 Å². The van der Waals surface area contributed by atoms with Gasteiger partial charge in [0.05, 0.1) is 7.11 Å². The van der Waals surface area contributed by atoms with Crippen LogP contribution in [0.15, 0.2) is 18.2 Å². The number of rotatable bonds is 5. The number of hydrogen-bond donors (Lipinski definition) is 1. The van der Waals surface area contributed by atoms with Crippen LogP contribution in [0.5, 0.6) is 5.75 Å². The van der Waals surface area contributed by atoms with E-state index in [0.717, 1.165) is 38.0 Å². The molecule has 1 N–H and O–H groups in total. The highest BCUT2D eigenvalue weighted by molar-refractivity contribution is 5.53. The van der Waals surface area contributed by atoms with E-state index in [1.54, 1.807) is 0 Å². The smallest absolute Gasteiger partial charge is 0.165 e. The zero-order chi connectivity index (χ0) is 15.5. The molecule has 0 spiro atoms. The molecule has 0 amide bonds. The first-order chi connectivity index (χ1) is 10.1. The number of hydrogen-bond acceptors (Lipinski definition) is 3. The molecule has 0 aliphatic carbocycles. The Kier molecular flexibility index (Phi) is 5.09. The molecule has 1 aromatic rings. The van der Waals surface area contributed by atoms with Crippen LogP contribution in [-0.2, 0) is 0 Å². The van der Waals surface area contributed by atoms with E-state index in [-0.39, 0.29) is 11.4 Å². The molecule has 1 heterocycles. The Labute approximate surface area is 127 Å². The SMILES string of the molecule is CCC1CNC(CC)(CC)CN1c1ccc(F)c(OC)c1. The Balaban J connectivity index is 2.33. The molecular weight excluding hydrogens is 267 g/mol. The summed E-state index contributed by atoms with van der Waals surface area (Å²) < 4.78 is 18.8. The maximum Gasteiger partial charge on any atom is 0.165 e. The average molecular weight is 294 g/mol. The Morgan fingerprint density at radius 1 is 1.33 bits per heavy atom. The molecule has 118 valence electrons. The summed E-state index contributed by atoms with van der Waals surface area (Å²) in [5.41, 5.74) is 1.20. The summed E-state index contributed by atoms with van der Waals surface area (Å²) in [5.74, 6) is 0.0150. The van der Waals surface area contributed by atoms with Gasteiger partial charge in [0.2, 0.25) is 0 Å². The van der Waals surface area contributed by atoms with E-state index in [9.17, 15) is 4.39 Å². The minimum absolute atomic E-state index is 0.146. The van der Waals surface area contributed by atoms with Crippen molar-refractivity contribution in [3.8, 4) is 5.75 Å². The number of methoxy groups -OCH3 is 1. The van der Waals surface area contributed by atoms with Gasteiger partial charge in [-0.05, 0) is 31.4 Å². The quantitative estimate of drug-likeness (QED) is 0.898. The normalized spacial score (nSPS) is 21.4. The monoisotopic (exact) mass is 294 g/mol. The second-order valence-corrected chi connectivity index (χ2v) is 5.88. The number of halogens is 1. The molecule has 21 heavy (non-hydrogen) atoms. The largest absolute Gasteiger partial charge is 0.494 e. The van der Waals surface area contributed by atoms with E-state index in [0.29, 0.717) is 11.8 Å². The molecule has 1 saturated heterocycles. The van der Waals surface area contributed by atoms with Crippen LogP contribution < -0.4 is 15.0 Å². The van der Waals surface area contributed by atoms with E-state index in [1.807, 2.05) is 12.1 Å². The molecular formula is C17H27FN2O. The fourth-order valence-electron chi connectivity index (χ4n) is 3.17. The Hall–Kier alpha value is -1.29. The maximum atomic E-state index is 13.6. The van der Waals surface area contributed by atoms with Crippen molar-refractivity contribution < 1.29 is 9.13 Å². The van der Waals surface area contributed by atoms with E-state index in [4.69, 9.17) is 4.74 Å². The van der Waals surface area contributed by atoms with Crippen LogP contribution in [0.1, 0.15) is 40.0 Å². The van der Waals surface area contributed by atoms with Crippen molar-refractivity contribution in [2.24, 2.45) is 0 Å². The molecule has 1 aromatic carbocycles. The third-order valence-electron chi connectivity index (χ3n) is 4.92. The summed E-state index contributed by atoms with van der Waals surface area (Å²) in [7, 11) is 1.51. The highest BCUT2D eigenvalue weighted by Gasteiger charge is 2.36. The third-order valence-corrected chi connectivity index (χ3v) is 4.92. The maximum absolute atomic E-state index is 13.6. The van der Waals surface area contributed by atoms with Crippen molar-refractivity contribution in [2.45, 2.75) is 51.6 Å². The van der Waals surface area contributed by atoms with Gasteiger partial charge in [-0.3, -0.25) is 0 Å². The Morgan fingerprint density at radius 2 is 2.05 bits per heavy atom. The number of ether oxygens (including phenoxy) is 1. The van der Waals surface area contributed by atoms with Gasteiger partial charge in [0.1, 0.15) is 0 Å². The van der Waals surface area contributed by atoms with E-state index in [2.05, 4.69) is 31.0 Å². The molecule has 4 heteroatoms. The van der Waals surface area contributed by atoms with Gasteiger partial charge in [0.15, 0.2) is 11.6 Å². The van der Waals surface area contributed by atoms with Crippen LogP contribution in [0.25, 0.3) is 0 Å². The van der Waals surface area contributed by atoms with Gasteiger partial charge in [0.25, 0.3) is 0 Å². The van der Waals surface area contributed by atoms with Crippen molar-refractivity contribution in [3.05, 3.63) is 24.0 Å². The molecule has 1 atom stereocenters. The number of nitrogens with zero attached hydrogens (tertiary/aromatic N) is 1. The third kappa shape index (κ3) is 3.15. The molecule has 1 unspecified atom stereocenters. The highest BCUT2D eigenvalue weighted by Crippen LogP contribution is 2.31. The lowest BCUT2D eigenvalue weighted by Crippen LogP contribution is -2.64. The fourth-order valence-corrected chi connectivity index (χ4v) is 3.17. The summed E-state index contributed by atoms with van der Waals surface area (Å²) >= 11 is 0. The number of nitrogens with one attached hydrogen (secondary N) is 1. The van der Waals surface area contributed by atoms with E-state index >= 15 is 0 Å². The van der Waals surface area contributed by atoms with Gasteiger partial charge < -0.3 is 15.0 Å². The molecule has 0 aromatic heterocycles. The van der Waals surface area contributed by atoms with Crippen LogP contribution in [0.3, 0.4) is 0 Å². The topological polar surface area (TPSA) is 24.5 Å². The van der Waals surface area contributed by atoms with E-state index in [1.165, 1.54) is 13.2 Å². The summed E-state index contributed by atoms with van der Waals surface area (Å²) in [6.45, 7) is 8.58. The summed E-state index contributed by atoms with van der Waals surface area (Å²) in [4.78, 5) is 2.41. The van der Waals surface area contributed by atoms with Gasteiger partial charge in [-0.25, -0.2) is 4.39 Å². The van der Waals surface area contributed by atoms with Gasteiger partial charge in [-0.2, -0.15) is 0 Å². The summed E-state index contributed by atoms with van der Waals surface area (Å²) in [6.07, 6.45) is 3.25. The lowest BCUT2D eigenvalue weighted by atomic mass is 9.87. The minimum Gasteiger partial charge on any atom is -0.494 e. The zero-order valence-electron chi connectivity index (χ0n) is 13.6. The lowest BCUT2D eigenvalue weighted by Gasteiger charge is -2.48. The molecule has 0 saturated carbocycles. The van der Waals surface area contributed by atoms with Gasteiger partial charge in [-0.15, -0.1) is 0 Å². The molecule has 1 fully saturated rings. The van der Waals surface area contributed by atoms with Gasteiger partial charge >= 0.3 is 0 Å². The lowest BCUT2D eigenvalue weighted by molar-refractivity contribution is 0.246. The van der Waals surface area contributed by atoms with Crippen LogP contribution >= 0.6 is 0 Å². The van der Waals surface area contributed by atoms with Crippen molar-refractivity contribution in [1.29, 1.82) is 0 Å². The Morgan fingerprint density at radius 3 is 2.62 bits per heavy atom. The van der Waals surface area contributed by atoms with Crippen LogP contribution in [-0.4, -0.2) is 31.8 Å². The van der Waals surface area contributed by atoms with Gasteiger partial charge in [0, 0.05) is 36.4 Å². The van der Waals surface area contributed by atoms with Crippen molar-refractivity contribution in [1.82, 2.24) is 5.32 Å². The predicted molar refractivity (Wildman–Crippen MR) is 85.7 cm³/mol. The molecule has 3 nitrogen and oxygen atoms in total. The molecule has 0 radical (unpaired) electrons. The second-order valence-electron chi connectivity index (χ2n) is 5.88. The number of benzene rings is 1. The molecule has 1 aliphatic rings. The molecule has 0 bridgehead atoms. The van der Waals surface area contributed by atoms with E-state index < -0.39 is 0 Å². The summed E-state index contributed by atoms with van der Waals surface area (Å²) in [6, 6.07) is 5.62. The van der Waals surface area contributed by atoms with Crippen LogP contribution in [0.2, 0.25) is 0 Å². The molecule has 1 aliphatic heterocycles. The summed E-state index contributed by atoms with van der Waals surface area (Å²) in [5, 5.41) is 3.73. The first-order valence-electron chi connectivity index (χ1n) is 7.94. The van der Waals surface area contributed by atoms with Crippen LogP contribution in [0, 0.1) is 5.82 Å². The number of piperazine rings is 1. The minimum atomic E-state index is -0.304. The number of anilines is 1. The predicted octanol–water partition coefficient (Wildman–Crippen LogP) is 3.58. The van der Waals surface area contributed by atoms with Crippen LogP contribution in [0.4, 0.5) is 10.1 Å². The average Bonchev–Trinajstić information content (AvgIpc) is 2.54.